The second kappa shape index (κ2) is 6.99. The van der Waals surface area contributed by atoms with Gasteiger partial charge in [0.15, 0.2) is 5.58 Å². The van der Waals surface area contributed by atoms with Crippen molar-refractivity contribution in [3.63, 3.8) is 0 Å². The largest absolute Gasteiger partial charge is 0.507 e. The van der Waals surface area contributed by atoms with Crippen LogP contribution in [0.3, 0.4) is 0 Å². The third-order valence-electron chi connectivity index (χ3n) is 4.83. The van der Waals surface area contributed by atoms with Gasteiger partial charge in [-0.3, -0.25) is 4.79 Å². The standard InChI is InChI=1S/C21H13ClN4O5/c1-30-21(29)14-9-26(8-13-18(14)24-25-19(13)28)11-3-4-12(16(27)7-11)20-23-15-6-10(22)2-5-17(15)31-20/h2-9,27H,1H3,(H,25,28). The van der Waals surface area contributed by atoms with Gasteiger partial charge in [0, 0.05) is 29.2 Å². The summed E-state index contributed by atoms with van der Waals surface area (Å²) >= 11 is 5.99. The number of pyridine rings is 1. The van der Waals surface area contributed by atoms with Crippen LogP contribution >= 0.6 is 11.6 Å². The molecule has 0 aliphatic carbocycles. The van der Waals surface area contributed by atoms with Gasteiger partial charge in [-0.2, -0.15) is 5.10 Å². The number of H-pyrrole nitrogens is 1. The van der Waals surface area contributed by atoms with Gasteiger partial charge in [-0.1, -0.05) is 11.6 Å². The summed E-state index contributed by atoms with van der Waals surface area (Å²) in [5.41, 5.74) is 2.05. The van der Waals surface area contributed by atoms with E-state index in [1.165, 1.54) is 30.1 Å². The molecule has 5 rings (SSSR count). The Balaban J connectivity index is 1.62. The van der Waals surface area contributed by atoms with Crippen molar-refractivity contribution in [3.05, 3.63) is 69.7 Å². The van der Waals surface area contributed by atoms with Crippen molar-refractivity contribution in [1.29, 1.82) is 0 Å². The predicted octanol–water partition coefficient (Wildman–Crippen LogP) is 3.62. The van der Waals surface area contributed by atoms with Crippen molar-refractivity contribution in [3.8, 4) is 34.1 Å². The molecule has 0 fully saturated rings. The van der Waals surface area contributed by atoms with Gasteiger partial charge in [-0.05, 0) is 30.3 Å². The van der Waals surface area contributed by atoms with Crippen LogP contribution in [0.4, 0.5) is 0 Å². The van der Waals surface area contributed by atoms with Crippen molar-refractivity contribution in [2.24, 2.45) is 0 Å². The van der Waals surface area contributed by atoms with Crippen molar-refractivity contribution in [1.82, 2.24) is 19.7 Å². The maximum atomic E-state index is 12.2. The highest BCUT2D eigenvalue weighted by Gasteiger charge is 2.22. The van der Waals surface area contributed by atoms with Crippen LogP contribution < -0.4 is 5.56 Å². The number of phenolic OH excluding ortho intramolecular Hbond substituents is 1. The van der Waals surface area contributed by atoms with Crippen molar-refractivity contribution >= 4 is 28.7 Å². The second-order valence-corrected chi connectivity index (χ2v) is 7.15. The van der Waals surface area contributed by atoms with Gasteiger partial charge in [0.1, 0.15) is 22.5 Å². The lowest BCUT2D eigenvalue weighted by atomic mass is 10.1. The number of esters is 1. The smallest absolute Gasteiger partial charge is 0.341 e. The minimum atomic E-state index is -0.642. The Morgan fingerprint density at radius 3 is 2.81 bits per heavy atom. The van der Waals surface area contributed by atoms with Gasteiger partial charge in [0.2, 0.25) is 5.89 Å². The van der Waals surface area contributed by atoms with Crippen molar-refractivity contribution in [2.45, 2.75) is 0 Å². The van der Waals surface area contributed by atoms with Crippen LogP contribution in [-0.2, 0) is 4.74 Å². The van der Waals surface area contributed by atoms with Crippen LogP contribution in [0.25, 0.3) is 39.5 Å². The molecule has 31 heavy (non-hydrogen) atoms. The number of hydrogen-bond donors (Lipinski definition) is 2. The summed E-state index contributed by atoms with van der Waals surface area (Å²) in [7, 11) is 1.24. The SMILES string of the molecule is COC(=O)c1cn(-c2ccc(-c3nc4cc(Cl)ccc4o3)c(O)c2)cc2c(=O)[nH]nc1-2. The predicted molar refractivity (Wildman–Crippen MR) is 112 cm³/mol. The quantitative estimate of drug-likeness (QED) is 0.414. The van der Waals surface area contributed by atoms with Gasteiger partial charge < -0.3 is 18.8 Å². The molecule has 3 heterocycles. The maximum Gasteiger partial charge on any atom is 0.341 e. The highest BCUT2D eigenvalue weighted by Crippen LogP contribution is 2.34. The molecule has 0 bridgehead atoms. The first-order chi connectivity index (χ1) is 14.9. The molecule has 0 amide bonds. The minimum absolute atomic E-state index is 0.100. The lowest BCUT2D eigenvalue weighted by Crippen LogP contribution is -2.11. The monoisotopic (exact) mass is 436 g/mol. The Labute approximate surface area is 178 Å². The fourth-order valence-electron chi connectivity index (χ4n) is 3.32. The number of oxazole rings is 1. The summed E-state index contributed by atoms with van der Waals surface area (Å²) in [5, 5.41) is 17.4. The van der Waals surface area contributed by atoms with E-state index in [0.29, 0.717) is 27.4 Å². The molecule has 0 spiro atoms. The van der Waals surface area contributed by atoms with E-state index in [-0.39, 0.29) is 28.5 Å². The molecule has 0 saturated heterocycles. The lowest BCUT2D eigenvalue weighted by Gasteiger charge is -2.12. The molecule has 0 atom stereocenters. The second-order valence-electron chi connectivity index (χ2n) is 6.72. The highest BCUT2D eigenvalue weighted by molar-refractivity contribution is 6.31. The number of benzene rings is 2. The molecular formula is C21H13ClN4O5. The topological polar surface area (TPSA) is 123 Å². The molecule has 9 nitrogen and oxygen atoms in total. The van der Waals surface area contributed by atoms with Crippen LogP contribution in [0, 0.1) is 0 Å². The molecule has 0 saturated carbocycles. The Kier molecular flexibility index (Phi) is 4.26. The van der Waals surface area contributed by atoms with Crippen molar-refractivity contribution < 1.29 is 19.1 Å². The molecule has 2 aromatic carbocycles. The average Bonchev–Trinajstić information content (AvgIpc) is 3.35. The Hall–Kier alpha value is -4.11. The zero-order valence-electron chi connectivity index (χ0n) is 15.9. The molecule has 154 valence electrons. The summed E-state index contributed by atoms with van der Waals surface area (Å²) in [4.78, 5) is 28.6. The number of nitrogens with one attached hydrogen (secondary N) is 1. The fraction of sp³-hybridized carbons (Fsp3) is 0.0476. The number of halogens is 1. The van der Waals surface area contributed by atoms with Crippen LogP contribution in [0.15, 0.2) is 58.0 Å². The van der Waals surface area contributed by atoms with Crippen LogP contribution in [0.1, 0.15) is 10.4 Å². The molecule has 2 aliphatic rings. The Morgan fingerprint density at radius 1 is 1.19 bits per heavy atom. The van der Waals surface area contributed by atoms with E-state index in [0.717, 1.165) is 0 Å². The van der Waals surface area contributed by atoms with Gasteiger partial charge in [-0.25, -0.2) is 14.9 Å². The van der Waals surface area contributed by atoms with E-state index >= 15 is 0 Å². The number of aromatic hydroxyl groups is 1. The Bertz CT molecular complexity index is 1500. The summed E-state index contributed by atoms with van der Waals surface area (Å²) in [6, 6.07) is 9.83. The van der Waals surface area contributed by atoms with Crippen molar-refractivity contribution in [2.75, 3.05) is 7.11 Å². The molecular weight excluding hydrogens is 424 g/mol. The Morgan fingerprint density at radius 2 is 2.03 bits per heavy atom. The number of carbonyl (C=O) groups excluding carboxylic acids is 1. The molecule has 2 aliphatic heterocycles. The third-order valence-corrected chi connectivity index (χ3v) is 5.06. The first kappa shape index (κ1) is 18.9. The zero-order valence-corrected chi connectivity index (χ0v) is 16.7. The number of methoxy groups -OCH3 is 1. The molecule has 0 radical (unpaired) electrons. The molecule has 3 aromatic rings. The molecule has 1 aromatic heterocycles. The number of rotatable bonds is 3. The van der Waals surface area contributed by atoms with Crippen LogP contribution in [0.2, 0.25) is 5.02 Å². The molecule has 2 N–H and O–H groups in total. The maximum absolute atomic E-state index is 12.2. The first-order valence-electron chi connectivity index (χ1n) is 9.03. The highest BCUT2D eigenvalue weighted by atomic mass is 35.5. The van der Waals surface area contributed by atoms with Gasteiger partial charge in [0.25, 0.3) is 5.56 Å². The average molecular weight is 437 g/mol. The summed E-state index contributed by atoms with van der Waals surface area (Å²) in [6.07, 6.45) is 2.99. The first-order valence-corrected chi connectivity index (χ1v) is 9.41. The minimum Gasteiger partial charge on any atom is -0.507 e. The van der Waals surface area contributed by atoms with E-state index in [2.05, 4.69) is 15.2 Å². The number of aromatic amines is 1. The van der Waals surface area contributed by atoms with Crippen LogP contribution in [0.5, 0.6) is 5.75 Å². The zero-order chi connectivity index (χ0) is 21.7. The summed E-state index contributed by atoms with van der Waals surface area (Å²) < 4.78 is 12.0. The number of carbonyl (C=O) groups is 1. The van der Waals surface area contributed by atoms with E-state index in [1.807, 2.05) is 0 Å². The van der Waals surface area contributed by atoms with E-state index in [9.17, 15) is 14.7 Å². The number of aromatic nitrogens is 4. The van der Waals surface area contributed by atoms with E-state index < -0.39 is 11.5 Å². The fourth-order valence-corrected chi connectivity index (χ4v) is 3.49. The number of phenols is 1. The number of fused-ring (bicyclic) bond motifs is 2. The number of nitrogens with zero attached hydrogens (tertiary/aromatic N) is 3. The van der Waals surface area contributed by atoms with Gasteiger partial charge in [-0.15, -0.1) is 0 Å². The summed E-state index contributed by atoms with van der Waals surface area (Å²) in [5.74, 6) is -0.512. The van der Waals surface area contributed by atoms with Gasteiger partial charge in [0.05, 0.1) is 18.2 Å². The van der Waals surface area contributed by atoms with E-state index in [4.69, 9.17) is 20.8 Å². The third kappa shape index (κ3) is 3.11. The number of hydrogen-bond acceptors (Lipinski definition) is 7. The summed E-state index contributed by atoms with van der Waals surface area (Å²) in [6.45, 7) is 0. The molecule has 0 unspecified atom stereocenters. The van der Waals surface area contributed by atoms with Gasteiger partial charge >= 0.3 is 5.97 Å². The number of ether oxygens (including phenoxy) is 1. The van der Waals surface area contributed by atoms with Crippen LogP contribution in [-0.4, -0.2) is 37.9 Å². The molecule has 10 heteroatoms. The normalized spacial score (nSPS) is 11.3. The van der Waals surface area contributed by atoms with E-state index in [1.54, 1.807) is 30.3 Å². The lowest BCUT2D eigenvalue weighted by molar-refractivity contribution is 0.0600.